The van der Waals surface area contributed by atoms with Crippen molar-refractivity contribution >= 4 is 23.9 Å². The number of ether oxygens (including phenoxy) is 4. The van der Waals surface area contributed by atoms with E-state index in [0.29, 0.717) is 11.1 Å². The van der Waals surface area contributed by atoms with Crippen LogP contribution in [0.2, 0.25) is 0 Å². The summed E-state index contributed by atoms with van der Waals surface area (Å²) in [5.41, 5.74) is 7.07. The smallest absolute Gasteiger partial charge is 0.338 e. The molecule has 0 saturated heterocycles. The molecule has 39 heavy (non-hydrogen) atoms. The van der Waals surface area contributed by atoms with Gasteiger partial charge in [-0.05, 0) is 61.9 Å². The van der Waals surface area contributed by atoms with Gasteiger partial charge in [0.25, 0.3) is 0 Å². The van der Waals surface area contributed by atoms with Crippen molar-refractivity contribution in [2.24, 2.45) is 17.6 Å². The second-order valence-electron chi connectivity index (χ2n) is 10.4. The number of carbonyl (C=O) groups excluding carboxylic acids is 4. The van der Waals surface area contributed by atoms with Gasteiger partial charge < -0.3 is 24.7 Å². The van der Waals surface area contributed by atoms with E-state index in [9.17, 15) is 19.2 Å². The molecule has 0 heterocycles. The lowest BCUT2D eigenvalue weighted by atomic mass is 10.1. The zero-order valence-electron chi connectivity index (χ0n) is 23.5. The molecular weight excluding hydrogens is 502 g/mol. The minimum atomic E-state index is -1.04. The van der Waals surface area contributed by atoms with Crippen molar-refractivity contribution in [3.05, 3.63) is 59.7 Å². The molecule has 2 aromatic carbocycles. The van der Waals surface area contributed by atoms with Crippen LogP contribution in [0.25, 0.3) is 0 Å². The van der Waals surface area contributed by atoms with E-state index >= 15 is 0 Å². The highest BCUT2D eigenvalue weighted by Gasteiger charge is 2.25. The zero-order valence-corrected chi connectivity index (χ0v) is 23.5. The summed E-state index contributed by atoms with van der Waals surface area (Å²) in [5, 5.41) is 0. The highest BCUT2D eigenvalue weighted by molar-refractivity contribution is 5.89. The molecule has 2 rings (SSSR count). The van der Waals surface area contributed by atoms with E-state index in [2.05, 4.69) is 0 Å². The molecule has 2 N–H and O–H groups in total. The van der Waals surface area contributed by atoms with Gasteiger partial charge in [0.15, 0.2) is 11.5 Å². The first-order valence-corrected chi connectivity index (χ1v) is 13.1. The van der Waals surface area contributed by atoms with E-state index in [1.807, 2.05) is 27.7 Å². The third-order valence-electron chi connectivity index (χ3n) is 5.63. The summed E-state index contributed by atoms with van der Waals surface area (Å²) >= 11 is 0. The SMILES string of the molecule is CC(C)CC(=O)Oc1ccc(C[C@H](N)C(=O)O[C@@H](C)[C@H](C)OC(=O)c2ccccc2)cc1OC(=O)CC(C)C. The fourth-order valence-corrected chi connectivity index (χ4v) is 3.45. The molecule has 0 bridgehead atoms. The molecule has 0 aliphatic heterocycles. The standard InChI is InChI=1S/C30H39NO8/c1-18(2)14-27(32)38-25-13-12-22(17-26(25)39-28(33)15-19(3)4)16-24(31)30(35)37-21(6)20(5)36-29(34)23-10-8-7-9-11-23/h7-13,17-21,24H,14-16,31H2,1-6H3/t20-,21-,24-/m0/s1. The van der Waals surface area contributed by atoms with Crippen LogP contribution >= 0.6 is 0 Å². The summed E-state index contributed by atoms with van der Waals surface area (Å²) in [6, 6.07) is 12.1. The average molecular weight is 542 g/mol. The van der Waals surface area contributed by atoms with Crippen LogP contribution in [0.4, 0.5) is 0 Å². The topological polar surface area (TPSA) is 131 Å². The molecule has 0 aliphatic carbocycles. The summed E-state index contributed by atoms with van der Waals surface area (Å²) in [7, 11) is 0. The van der Waals surface area contributed by atoms with Crippen LogP contribution < -0.4 is 15.2 Å². The first-order valence-electron chi connectivity index (χ1n) is 13.1. The third-order valence-corrected chi connectivity index (χ3v) is 5.63. The minimum absolute atomic E-state index is 0.0681. The number of nitrogens with two attached hydrogens (primary N) is 1. The second kappa shape index (κ2) is 15.0. The monoisotopic (exact) mass is 541 g/mol. The van der Waals surface area contributed by atoms with Crippen molar-refractivity contribution in [2.45, 2.75) is 79.1 Å². The van der Waals surface area contributed by atoms with Gasteiger partial charge in [-0.25, -0.2) is 4.79 Å². The normalized spacial score (nSPS) is 13.4. The Morgan fingerprint density at radius 2 is 1.26 bits per heavy atom. The van der Waals surface area contributed by atoms with Gasteiger partial charge in [0.05, 0.1) is 5.56 Å². The Bertz CT molecular complexity index is 1130. The quantitative estimate of drug-likeness (QED) is 0.285. The molecule has 9 nitrogen and oxygen atoms in total. The third kappa shape index (κ3) is 10.9. The molecule has 0 radical (unpaired) electrons. The van der Waals surface area contributed by atoms with E-state index in [0.717, 1.165) is 0 Å². The van der Waals surface area contributed by atoms with Crippen LogP contribution in [0.15, 0.2) is 48.5 Å². The van der Waals surface area contributed by atoms with Gasteiger partial charge in [-0.3, -0.25) is 14.4 Å². The fraction of sp³-hybridized carbons (Fsp3) is 0.467. The summed E-state index contributed by atoms with van der Waals surface area (Å²) in [5.74, 6) is -1.77. The second-order valence-corrected chi connectivity index (χ2v) is 10.4. The predicted molar refractivity (Wildman–Crippen MR) is 145 cm³/mol. The maximum Gasteiger partial charge on any atom is 0.338 e. The van der Waals surface area contributed by atoms with Crippen LogP contribution in [-0.4, -0.2) is 42.1 Å². The lowest BCUT2D eigenvalue weighted by molar-refractivity contribution is -0.155. The van der Waals surface area contributed by atoms with Gasteiger partial charge in [0, 0.05) is 12.8 Å². The number of esters is 4. The maximum absolute atomic E-state index is 12.7. The molecule has 9 heteroatoms. The van der Waals surface area contributed by atoms with Crippen molar-refractivity contribution in [1.82, 2.24) is 0 Å². The lowest BCUT2D eigenvalue weighted by Gasteiger charge is -2.22. The highest BCUT2D eigenvalue weighted by atomic mass is 16.6. The van der Waals surface area contributed by atoms with Gasteiger partial charge in [-0.2, -0.15) is 0 Å². The largest absolute Gasteiger partial charge is 0.458 e. The molecular formula is C30H39NO8. The van der Waals surface area contributed by atoms with Crippen LogP contribution in [0, 0.1) is 11.8 Å². The van der Waals surface area contributed by atoms with Gasteiger partial charge in [0.2, 0.25) is 0 Å². The first-order chi connectivity index (χ1) is 18.3. The Morgan fingerprint density at radius 3 is 1.82 bits per heavy atom. The molecule has 0 saturated carbocycles. The Morgan fingerprint density at radius 1 is 0.718 bits per heavy atom. The molecule has 2 aromatic rings. The molecule has 0 unspecified atom stereocenters. The van der Waals surface area contributed by atoms with E-state index in [1.165, 1.54) is 12.1 Å². The Balaban J connectivity index is 2.06. The molecule has 0 aliphatic rings. The Labute approximate surface area is 229 Å². The van der Waals surface area contributed by atoms with E-state index in [4.69, 9.17) is 24.7 Å². The van der Waals surface area contributed by atoms with Crippen LogP contribution in [0.3, 0.4) is 0 Å². The molecule has 212 valence electrons. The number of benzene rings is 2. The summed E-state index contributed by atoms with van der Waals surface area (Å²) < 4.78 is 21.8. The van der Waals surface area contributed by atoms with Crippen molar-refractivity contribution in [3.63, 3.8) is 0 Å². The fourth-order valence-electron chi connectivity index (χ4n) is 3.45. The number of rotatable bonds is 13. The van der Waals surface area contributed by atoms with E-state index in [-0.39, 0.29) is 42.6 Å². The highest BCUT2D eigenvalue weighted by Crippen LogP contribution is 2.30. The van der Waals surface area contributed by atoms with Crippen molar-refractivity contribution in [2.75, 3.05) is 0 Å². The van der Waals surface area contributed by atoms with Gasteiger partial charge >= 0.3 is 23.9 Å². The minimum Gasteiger partial charge on any atom is -0.458 e. The summed E-state index contributed by atoms with van der Waals surface area (Å²) in [4.78, 5) is 49.5. The molecule has 3 atom stereocenters. The average Bonchev–Trinajstić information content (AvgIpc) is 2.84. The van der Waals surface area contributed by atoms with Crippen molar-refractivity contribution < 1.29 is 38.1 Å². The number of hydrogen-bond acceptors (Lipinski definition) is 9. The number of hydrogen-bond donors (Lipinski definition) is 1. The van der Waals surface area contributed by atoms with Gasteiger partial charge in [0.1, 0.15) is 18.2 Å². The Kier molecular flexibility index (Phi) is 12.1. The zero-order chi connectivity index (χ0) is 29.1. The Hall–Kier alpha value is -3.72. The van der Waals surface area contributed by atoms with Crippen molar-refractivity contribution in [1.29, 1.82) is 0 Å². The van der Waals surface area contributed by atoms with E-state index in [1.54, 1.807) is 50.2 Å². The molecule has 0 amide bonds. The lowest BCUT2D eigenvalue weighted by Crippen LogP contribution is -2.39. The van der Waals surface area contributed by atoms with Crippen molar-refractivity contribution in [3.8, 4) is 11.5 Å². The maximum atomic E-state index is 12.7. The molecule has 0 spiro atoms. The van der Waals surface area contributed by atoms with Crippen LogP contribution in [0.1, 0.15) is 70.3 Å². The van der Waals surface area contributed by atoms with Crippen LogP contribution in [-0.2, 0) is 30.3 Å². The molecule has 0 aromatic heterocycles. The van der Waals surface area contributed by atoms with Crippen LogP contribution in [0.5, 0.6) is 11.5 Å². The molecule has 0 fully saturated rings. The van der Waals surface area contributed by atoms with Gasteiger partial charge in [-0.15, -0.1) is 0 Å². The summed E-state index contributed by atoms with van der Waals surface area (Å²) in [6.07, 6.45) is -0.999. The first kappa shape index (κ1) is 31.5. The van der Waals surface area contributed by atoms with Gasteiger partial charge in [-0.1, -0.05) is 52.0 Å². The predicted octanol–water partition coefficient (Wildman–Crippen LogP) is 4.64. The van der Waals surface area contributed by atoms with E-state index < -0.39 is 42.1 Å². The number of carbonyl (C=O) groups is 4. The summed E-state index contributed by atoms with van der Waals surface area (Å²) in [6.45, 7) is 10.8.